The maximum atomic E-state index is 2.49. The van der Waals surface area contributed by atoms with Gasteiger partial charge < -0.3 is 0 Å². The smallest absolute Gasteiger partial charge is 0.0269 e. The molecule has 0 spiro atoms. The van der Waals surface area contributed by atoms with Crippen molar-refractivity contribution in [1.82, 2.24) is 0 Å². The number of benzene rings is 1. The Labute approximate surface area is 137 Å². The number of rotatable bonds is 5. The van der Waals surface area contributed by atoms with E-state index in [1.807, 2.05) is 0 Å². The van der Waals surface area contributed by atoms with E-state index in [9.17, 15) is 0 Å². The molecule has 12 radical (unpaired) electrons. The molecule has 1 unspecified atom stereocenters. The van der Waals surface area contributed by atoms with E-state index in [1.54, 1.807) is 11.1 Å². The van der Waals surface area contributed by atoms with Gasteiger partial charge in [0.05, 0.1) is 0 Å². The first-order chi connectivity index (χ1) is 9.72. The zero-order valence-electron chi connectivity index (χ0n) is 12.1. The van der Waals surface area contributed by atoms with Crippen LogP contribution in [0.5, 0.6) is 0 Å². The zero-order chi connectivity index (χ0) is 14.0. The van der Waals surface area contributed by atoms with E-state index in [0.29, 0.717) is 4.28 Å². The van der Waals surface area contributed by atoms with Crippen LogP contribution in [0, 0.1) is 5.92 Å². The summed E-state index contributed by atoms with van der Waals surface area (Å²) in [6, 6.07) is 9.86. The normalized spacial score (nSPS) is 30.4. The lowest BCUT2D eigenvalue weighted by atomic mass is 9.96. The first-order valence-corrected chi connectivity index (χ1v) is 16.6. The summed E-state index contributed by atoms with van der Waals surface area (Å²) in [5.74, 6) is 0.837. The van der Waals surface area contributed by atoms with Crippen LogP contribution in [-0.4, -0.2) is 54.2 Å². The molecule has 1 atom stereocenters. The Morgan fingerprint density at radius 3 is 2.20 bits per heavy atom. The average molecular weight is 355 g/mol. The third kappa shape index (κ3) is 3.30. The van der Waals surface area contributed by atoms with Crippen molar-refractivity contribution in [2.45, 2.75) is 42.2 Å². The van der Waals surface area contributed by atoms with E-state index in [4.69, 9.17) is 0 Å². The quantitative estimate of drug-likeness (QED) is 0.703. The Bertz CT molecular complexity index is 424. The Kier molecular flexibility index (Phi) is 5.20. The van der Waals surface area contributed by atoms with Gasteiger partial charge in [0.1, 0.15) is 0 Å². The van der Waals surface area contributed by atoms with Crippen LogP contribution >= 0.6 is 0 Å². The average Bonchev–Trinajstić information content (AvgIpc) is 2.50. The van der Waals surface area contributed by atoms with Crippen molar-refractivity contribution in [3.63, 3.8) is 0 Å². The van der Waals surface area contributed by atoms with E-state index in [1.165, 1.54) is 78.3 Å². The van der Waals surface area contributed by atoms with Gasteiger partial charge in [-0.05, 0) is 22.2 Å². The molecule has 3 aliphatic rings. The second kappa shape index (κ2) is 6.74. The molecule has 3 aliphatic heterocycles. The van der Waals surface area contributed by atoms with Crippen LogP contribution in [0.1, 0.15) is 37.8 Å². The Morgan fingerprint density at radius 2 is 1.65 bits per heavy atom. The minimum atomic E-state index is 0.678. The molecule has 3 saturated heterocycles. The second-order valence-electron chi connectivity index (χ2n) is 5.79. The van der Waals surface area contributed by atoms with Crippen molar-refractivity contribution in [3.05, 3.63) is 35.4 Å². The molecule has 98 valence electrons. The van der Waals surface area contributed by atoms with Crippen LogP contribution in [0.15, 0.2) is 24.3 Å². The van der Waals surface area contributed by atoms with Gasteiger partial charge in [0.15, 0.2) is 0 Å². The summed E-state index contributed by atoms with van der Waals surface area (Å²) < 4.78 is 0.678. The molecule has 0 N–H and O–H groups in total. The zero-order valence-corrected chi connectivity index (χ0v) is 18.1. The van der Waals surface area contributed by atoms with E-state index < -0.39 is 0 Å². The van der Waals surface area contributed by atoms with Crippen LogP contribution in [0.25, 0.3) is 0 Å². The SMILES string of the molecule is CCCC(C)Cc1ccc(C23[Si][Si]C([Si][Si]2)[Si][Si]3)cc1. The molecule has 6 heteroatoms. The number of hydrogen-bond donors (Lipinski definition) is 0. The van der Waals surface area contributed by atoms with Crippen LogP contribution in [0.4, 0.5) is 0 Å². The molecule has 0 amide bonds. The topological polar surface area (TPSA) is 0 Å². The molecule has 0 saturated carbocycles. The van der Waals surface area contributed by atoms with Gasteiger partial charge in [-0.15, -0.1) is 0 Å². The summed E-state index contributed by atoms with van der Waals surface area (Å²) in [6.45, 7) is 4.69. The molecule has 1 aromatic carbocycles. The summed E-state index contributed by atoms with van der Waals surface area (Å²) in [6.07, 6.45) is 3.94. The Balaban J connectivity index is 1.69. The standard InChI is InChI=1S/C14H18Si6/c1-3-4-10(2)9-11-5-7-12(8-6-11)14-18-15-13(16-19-14)17-20-14/h5-8,10,13H,3-4,9H2,1-2H3. The lowest BCUT2D eigenvalue weighted by Gasteiger charge is -2.44. The fourth-order valence-corrected chi connectivity index (χ4v) is 33.4. The highest BCUT2D eigenvalue weighted by Gasteiger charge is 2.43. The molecule has 2 bridgehead atoms. The fraction of sp³-hybridized carbons (Fsp3) is 0.571. The van der Waals surface area contributed by atoms with Gasteiger partial charge in [0.2, 0.25) is 0 Å². The van der Waals surface area contributed by atoms with E-state index in [0.717, 1.165) is 5.92 Å². The van der Waals surface area contributed by atoms with E-state index in [2.05, 4.69) is 38.1 Å². The van der Waals surface area contributed by atoms with Crippen LogP contribution in [0.3, 0.4) is 0 Å². The lowest BCUT2D eigenvalue weighted by molar-refractivity contribution is 0.522. The Morgan fingerprint density at radius 1 is 1.05 bits per heavy atom. The van der Waals surface area contributed by atoms with Crippen molar-refractivity contribution in [1.29, 1.82) is 0 Å². The number of hydrogen-bond acceptors (Lipinski definition) is 0. The third-order valence-electron chi connectivity index (χ3n) is 3.96. The van der Waals surface area contributed by atoms with Crippen molar-refractivity contribution in [3.8, 4) is 0 Å². The van der Waals surface area contributed by atoms with Gasteiger partial charge in [0.25, 0.3) is 0 Å². The molecule has 0 nitrogen and oxygen atoms in total. The summed E-state index contributed by atoms with van der Waals surface area (Å²) in [5, 5.41) is 0. The van der Waals surface area contributed by atoms with Crippen LogP contribution in [0.2, 0.25) is 4.79 Å². The van der Waals surface area contributed by atoms with Crippen molar-refractivity contribution in [2.75, 3.05) is 0 Å². The van der Waals surface area contributed by atoms with Gasteiger partial charge >= 0.3 is 0 Å². The van der Waals surface area contributed by atoms with Gasteiger partial charge in [-0.1, -0.05) is 61.3 Å². The molecule has 20 heavy (non-hydrogen) atoms. The second-order valence-corrected chi connectivity index (χ2v) is 19.5. The fourth-order valence-electron chi connectivity index (χ4n) is 2.85. The largest absolute Gasteiger partial charge is 0.0724 e. The maximum absolute atomic E-state index is 2.49. The molecule has 0 aromatic heterocycles. The summed E-state index contributed by atoms with van der Waals surface area (Å²) in [5.41, 5.74) is 3.25. The van der Waals surface area contributed by atoms with Gasteiger partial charge in [0, 0.05) is 54.2 Å². The highest BCUT2D eigenvalue weighted by molar-refractivity contribution is 7.41. The Hall–Kier alpha value is 0.521. The molecular formula is C14H18Si6. The first-order valence-electron chi connectivity index (χ1n) is 7.39. The van der Waals surface area contributed by atoms with Crippen LogP contribution < -0.4 is 0 Å². The summed E-state index contributed by atoms with van der Waals surface area (Å²) in [7, 11) is 7.65. The minimum absolute atomic E-state index is 0.678. The third-order valence-corrected chi connectivity index (χ3v) is 29.1. The summed E-state index contributed by atoms with van der Waals surface area (Å²) in [4.78, 5) is 1.18. The van der Waals surface area contributed by atoms with Gasteiger partial charge in [-0.25, -0.2) is 0 Å². The van der Waals surface area contributed by atoms with Crippen LogP contribution in [-0.2, 0) is 10.7 Å². The van der Waals surface area contributed by atoms with Gasteiger partial charge in [-0.3, -0.25) is 0 Å². The van der Waals surface area contributed by atoms with E-state index in [-0.39, 0.29) is 0 Å². The minimum Gasteiger partial charge on any atom is -0.0724 e. The molecule has 3 fully saturated rings. The lowest BCUT2D eigenvalue weighted by Crippen LogP contribution is -2.64. The molecule has 1 aromatic rings. The summed E-state index contributed by atoms with van der Waals surface area (Å²) >= 11 is 0. The number of fused-ring (bicyclic) bond motifs is 3. The predicted molar refractivity (Wildman–Crippen MR) is 94.2 cm³/mol. The van der Waals surface area contributed by atoms with E-state index >= 15 is 0 Å². The van der Waals surface area contributed by atoms with Crippen molar-refractivity contribution < 1.29 is 0 Å². The van der Waals surface area contributed by atoms with Crippen molar-refractivity contribution in [2.24, 2.45) is 5.92 Å². The van der Waals surface area contributed by atoms with Crippen molar-refractivity contribution >= 4 is 54.2 Å². The predicted octanol–water partition coefficient (Wildman–Crippen LogP) is 1.48. The molecular weight excluding hydrogens is 337 g/mol. The molecule has 4 rings (SSSR count). The highest BCUT2D eigenvalue weighted by Crippen LogP contribution is 2.30. The highest BCUT2D eigenvalue weighted by atomic mass is 29.3. The first kappa shape index (κ1) is 15.4. The molecule has 3 heterocycles. The maximum Gasteiger partial charge on any atom is 0.0269 e. The van der Waals surface area contributed by atoms with Gasteiger partial charge in [-0.2, -0.15) is 0 Å². The molecule has 0 aliphatic carbocycles. The monoisotopic (exact) mass is 354 g/mol.